The van der Waals surface area contributed by atoms with Crippen molar-refractivity contribution in [1.29, 1.82) is 0 Å². The Labute approximate surface area is 158 Å². The second-order valence-electron chi connectivity index (χ2n) is 7.51. The fourth-order valence-electron chi connectivity index (χ4n) is 3.76. The number of hydrogen-bond acceptors (Lipinski definition) is 4. The standard InChI is InChI=1S/C20H22FNO4S/c1-12-8-10-13(11-9-12)27(23,24)22-17-16(21)14-6-4-5-7-15(14)18-19(17)26-20(2,3)25-18/h4-11,16-19,22H,1-3H3/t16-,17-,18-,19+/m1/s1. The molecule has 2 aromatic rings. The molecule has 7 heteroatoms. The number of hydrogen-bond donors (Lipinski definition) is 1. The van der Waals surface area contributed by atoms with E-state index < -0.39 is 40.2 Å². The van der Waals surface area contributed by atoms with E-state index in [0.29, 0.717) is 11.1 Å². The van der Waals surface area contributed by atoms with Crippen molar-refractivity contribution in [2.24, 2.45) is 0 Å². The Hall–Kier alpha value is -1.80. The first kappa shape index (κ1) is 18.6. The van der Waals surface area contributed by atoms with Gasteiger partial charge in [0.2, 0.25) is 10.0 Å². The van der Waals surface area contributed by atoms with Gasteiger partial charge in [0.05, 0.1) is 10.9 Å². The van der Waals surface area contributed by atoms with E-state index in [2.05, 4.69) is 4.72 Å². The number of aryl methyl sites for hydroxylation is 1. The first-order valence-electron chi connectivity index (χ1n) is 8.85. The molecule has 1 fully saturated rings. The lowest BCUT2D eigenvalue weighted by Gasteiger charge is -2.36. The molecule has 1 aliphatic carbocycles. The van der Waals surface area contributed by atoms with E-state index in [9.17, 15) is 8.42 Å². The van der Waals surface area contributed by atoms with Gasteiger partial charge in [-0.3, -0.25) is 0 Å². The van der Waals surface area contributed by atoms with Gasteiger partial charge >= 0.3 is 0 Å². The van der Waals surface area contributed by atoms with Crippen LogP contribution in [0.15, 0.2) is 53.4 Å². The second-order valence-corrected chi connectivity index (χ2v) is 9.23. The van der Waals surface area contributed by atoms with E-state index in [0.717, 1.165) is 5.56 Å². The summed E-state index contributed by atoms with van der Waals surface area (Å²) in [4.78, 5) is 0.0916. The monoisotopic (exact) mass is 391 g/mol. The molecular formula is C20H22FNO4S. The number of alkyl halides is 1. The molecule has 0 spiro atoms. The SMILES string of the molecule is Cc1ccc(S(=O)(=O)N[C@H]2[C@@H]3OC(C)(C)O[C@@H]3c3ccccc3[C@H]2F)cc1. The maximum Gasteiger partial charge on any atom is 0.241 e. The highest BCUT2D eigenvalue weighted by Gasteiger charge is 2.53. The normalized spacial score (nSPS) is 29.2. The second kappa shape index (κ2) is 6.38. The lowest BCUT2D eigenvalue weighted by Crippen LogP contribution is -2.50. The van der Waals surface area contributed by atoms with Gasteiger partial charge in [0.1, 0.15) is 18.4 Å². The van der Waals surface area contributed by atoms with Crippen LogP contribution in [0.1, 0.15) is 42.8 Å². The highest BCUT2D eigenvalue weighted by atomic mass is 32.2. The van der Waals surface area contributed by atoms with Crippen LogP contribution in [0.5, 0.6) is 0 Å². The van der Waals surface area contributed by atoms with Crippen LogP contribution < -0.4 is 4.72 Å². The van der Waals surface area contributed by atoms with Crippen molar-refractivity contribution < 1.29 is 22.3 Å². The molecule has 1 N–H and O–H groups in total. The minimum Gasteiger partial charge on any atom is -0.342 e. The van der Waals surface area contributed by atoms with E-state index in [1.165, 1.54) is 12.1 Å². The predicted molar refractivity (Wildman–Crippen MR) is 98.4 cm³/mol. The molecule has 0 aromatic heterocycles. The highest BCUT2D eigenvalue weighted by Crippen LogP contribution is 2.49. The summed E-state index contributed by atoms with van der Waals surface area (Å²) >= 11 is 0. The van der Waals surface area contributed by atoms with Gasteiger partial charge < -0.3 is 9.47 Å². The first-order chi connectivity index (χ1) is 12.7. The van der Waals surface area contributed by atoms with Crippen molar-refractivity contribution in [3.8, 4) is 0 Å². The summed E-state index contributed by atoms with van der Waals surface area (Å²) in [6, 6.07) is 12.4. The van der Waals surface area contributed by atoms with Gasteiger partial charge in [-0.1, -0.05) is 42.0 Å². The van der Waals surface area contributed by atoms with Gasteiger partial charge in [-0.15, -0.1) is 0 Å². The van der Waals surface area contributed by atoms with Crippen LogP contribution in [0.3, 0.4) is 0 Å². The summed E-state index contributed by atoms with van der Waals surface area (Å²) in [5.41, 5.74) is 2.07. The Balaban J connectivity index is 1.72. The molecule has 0 radical (unpaired) electrons. The third-order valence-corrected chi connectivity index (χ3v) is 6.50. The molecule has 0 saturated carbocycles. The maximum absolute atomic E-state index is 15.4. The molecule has 1 heterocycles. The third-order valence-electron chi connectivity index (χ3n) is 5.02. The van der Waals surface area contributed by atoms with E-state index >= 15 is 4.39 Å². The van der Waals surface area contributed by atoms with Crippen LogP contribution in [0, 0.1) is 6.92 Å². The molecule has 1 saturated heterocycles. The molecule has 1 aliphatic heterocycles. The zero-order chi connectivity index (χ0) is 19.4. The number of benzene rings is 2. The molecule has 2 aliphatic rings. The molecule has 0 bridgehead atoms. The number of rotatable bonds is 3. The van der Waals surface area contributed by atoms with Gasteiger partial charge in [-0.05, 0) is 44.0 Å². The van der Waals surface area contributed by atoms with Crippen molar-refractivity contribution in [3.63, 3.8) is 0 Å². The van der Waals surface area contributed by atoms with Crippen LogP contribution in [-0.4, -0.2) is 26.4 Å². The molecule has 144 valence electrons. The average Bonchev–Trinajstić information content (AvgIpc) is 2.94. The van der Waals surface area contributed by atoms with Crippen LogP contribution in [0.25, 0.3) is 0 Å². The first-order valence-corrected chi connectivity index (χ1v) is 10.3. The number of ether oxygens (including phenoxy) is 2. The van der Waals surface area contributed by atoms with Crippen molar-refractivity contribution in [3.05, 3.63) is 65.2 Å². The summed E-state index contributed by atoms with van der Waals surface area (Å²) in [6.07, 6.45) is -2.83. The summed E-state index contributed by atoms with van der Waals surface area (Å²) in [5.74, 6) is -0.931. The molecule has 4 atom stereocenters. The Morgan fingerprint density at radius 2 is 1.63 bits per heavy atom. The van der Waals surface area contributed by atoms with Crippen LogP contribution in [-0.2, 0) is 19.5 Å². The van der Waals surface area contributed by atoms with Crippen molar-refractivity contribution in [2.45, 2.75) is 55.9 Å². The average molecular weight is 391 g/mol. The van der Waals surface area contributed by atoms with Gasteiger partial charge in [-0.2, -0.15) is 0 Å². The summed E-state index contributed by atoms with van der Waals surface area (Å²) in [5, 5.41) is 0. The van der Waals surface area contributed by atoms with Crippen LogP contribution in [0.2, 0.25) is 0 Å². The largest absolute Gasteiger partial charge is 0.342 e. The lowest BCUT2D eigenvalue weighted by atomic mass is 9.83. The quantitative estimate of drug-likeness (QED) is 0.869. The molecule has 2 aromatic carbocycles. The minimum absolute atomic E-state index is 0.0916. The van der Waals surface area contributed by atoms with E-state index in [1.54, 1.807) is 44.2 Å². The van der Waals surface area contributed by atoms with Crippen molar-refractivity contribution >= 4 is 10.0 Å². The van der Waals surface area contributed by atoms with E-state index in [-0.39, 0.29) is 4.90 Å². The van der Waals surface area contributed by atoms with Gasteiger partial charge in [0, 0.05) is 0 Å². The number of fused-ring (bicyclic) bond motifs is 3. The highest BCUT2D eigenvalue weighted by molar-refractivity contribution is 7.89. The number of nitrogens with one attached hydrogen (secondary N) is 1. The summed E-state index contributed by atoms with van der Waals surface area (Å²) < 4.78 is 55.5. The Kier molecular flexibility index (Phi) is 4.38. The molecular weight excluding hydrogens is 369 g/mol. The summed E-state index contributed by atoms with van der Waals surface area (Å²) in [6.45, 7) is 5.36. The van der Waals surface area contributed by atoms with Gasteiger partial charge in [-0.25, -0.2) is 17.5 Å². The molecule has 5 nitrogen and oxygen atoms in total. The molecule has 0 unspecified atom stereocenters. The molecule has 27 heavy (non-hydrogen) atoms. The predicted octanol–water partition coefficient (Wildman–Crippen LogP) is 3.56. The zero-order valence-electron chi connectivity index (χ0n) is 15.3. The van der Waals surface area contributed by atoms with Crippen molar-refractivity contribution in [1.82, 2.24) is 4.72 Å². The van der Waals surface area contributed by atoms with Gasteiger partial charge in [0.25, 0.3) is 0 Å². The van der Waals surface area contributed by atoms with Gasteiger partial charge in [0.15, 0.2) is 5.79 Å². The molecule has 4 rings (SSSR count). The minimum atomic E-state index is -3.91. The molecule has 0 amide bonds. The lowest BCUT2D eigenvalue weighted by molar-refractivity contribution is -0.149. The smallest absolute Gasteiger partial charge is 0.241 e. The van der Waals surface area contributed by atoms with E-state index in [1.807, 2.05) is 13.0 Å². The number of halogens is 1. The van der Waals surface area contributed by atoms with Crippen molar-refractivity contribution in [2.75, 3.05) is 0 Å². The topological polar surface area (TPSA) is 64.6 Å². The Bertz CT molecular complexity index is 958. The Morgan fingerprint density at radius 3 is 2.30 bits per heavy atom. The van der Waals surface area contributed by atoms with Crippen LogP contribution >= 0.6 is 0 Å². The fourth-order valence-corrected chi connectivity index (χ4v) is 5.01. The summed E-state index contributed by atoms with van der Waals surface area (Å²) in [7, 11) is -3.91. The zero-order valence-corrected chi connectivity index (χ0v) is 16.2. The Morgan fingerprint density at radius 1 is 1.00 bits per heavy atom. The maximum atomic E-state index is 15.4. The van der Waals surface area contributed by atoms with Crippen LogP contribution in [0.4, 0.5) is 4.39 Å². The number of sulfonamides is 1. The van der Waals surface area contributed by atoms with E-state index in [4.69, 9.17) is 9.47 Å². The third kappa shape index (κ3) is 3.29. The fraction of sp³-hybridized carbons (Fsp3) is 0.400.